The SMILES string of the molecule is C=C(C)C(=O)OC(CCCCCCCCCCCCCCC)CCN(C)C. The number of hydrogen-bond acceptors (Lipinski definition) is 3. The maximum Gasteiger partial charge on any atom is 0.333 e. The molecule has 0 saturated heterocycles. The molecule has 0 N–H and O–H groups in total. The van der Waals surface area contributed by atoms with Gasteiger partial charge < -0.3 is 9.64 Å². The van der Waals surface area contributed by atoms with Crippen molar-refractivity contribution in [1.82, 2.24) is 4.90 Å². The molecule has 0 aromatic carbocycles. The summed E-state index contributed by atoms with van der Waals surface area (Å²) in [6.45, 7) is 8.63. The van der Waals surface area contributed by atoms with E-state index in [0.717, 1.165) is 25.8 Å². The molecule has 1 unspecified atom stereocenters. The van der Waals surface area contributed by atoms with Gasteiger partial charge in [0.1, 0.15) is 6.10 Å². The van der Waals surface area contributed by atoms with Crippen LogP contribution in [-0.2, 0) is 9.53 Å². The lowest BCUT2D eigenvalue weighted by Gasteiger charge is -2.20. The van der Waals surface area contributed by atoms with Crippen molar-refractivity contribution in [3.05, 3.63) is 12.2 Å². The zero-order chi connectivity index (χ0) is 20.3. The third-order valence-electron chi connectivity index (χ3n) is 5.15. The third kappa shape index (κ3) is 18.3. The van der Waals surface area contributed by atoms with Crippen LogP contribution in [0.5, 0.6) is 0 Å². The van der Waals surface area contributed by atoms with E-state index in [0.29, 0.717) is 5.57 Å². The van der Waals surface area contributed by atoms with Crippen LogP contribution in [-0.4, -0.2) is 37.6 Å². The molecule has 0 bridgehead atoms. The van der Waals surface area contributed by atoms with Gasteiger partial charge in [-0.05, 0) is 40.3 Å². The predicted octanol–water partition coefficient (Wildman–Crippen LogP) is 6.91. The molecular weight excluding hydrogens is 334 g/mol. The molecular formula is C24H47NO2. The van der Waals surface area contributed by atoms with Crippen LogP contribution < -0.4 is 0 Å². The van der Waals surface area contributed by atoms with Crippen LogP contribution in [0.25, 0.3) is 0 Å². The minimum Gasteiger partial charge on any atom is -0.459 e. The Morgan fingerprint density at radius 3 is 1.67 bits per heavy atom. The summed E-state index contributed by atoms with van der Waals surface area (Å²) in [6, 6.07) is 0. The van der Waals surface area contributed by atoms with E-state index in [9.17, 15) is 4.79 Å². The van der Waals surface area contributed by atoms with Crippen LogP contribution in [0.2, 0.25) is 0 Å². The molecule has 0 fully saturated rings. The van der Waals surface area contributed by atoms with Gasteiger partial charge in [-0.25, -0.2) is 4.79 Å². The summed E-state index contributed by atoms with van der Waals surface area (Å²) >= 11 is 0. The van der Waals surface area contributed by atoms with Crippen molar-refractivity contribution in [1.29, 1.82) is 0 Å². The Morgan fingerprint density at radius 2 is 1.26 bits per heavy atom. The summed E-state index contributed by atoms with van der Waals surface area (Å²) in [4.78, 5) is 13.9. The van der Waals surface area contributed by atoms with Gasteiger partial charge in [-0.3, -0.25) is 0 Å². The largest absolute Gasteiger partial charge is 0.459 e. The fourth-order valence-corrected chi connectivity index (χ4v) is 3.31. The molecule has 0 amide bonds. The number of ether oxygens (including phenoxy) is 1. The number of hydrogen-bond donors (Lipinski definition) is 0. The molecule has 0 aliphatic rings. The Morgan fingerprint density at radius 1 is 0.815 bits per heavy atom. The molecule has 0 spiro atoms. The molecule has 3 heteroatoms. The Kier molecular flexibility index (Phi) is 18.0. The summed E-state index contributed by atoms with van der Waals surface area (Å²) in [7, 11) is 4.12. The first-order valence-electron chi connectivity index (χ1n) is 11.5. The quantitative estimate of drug-likeness (QED) is 0.138. The normalized spacial score (nSPS) is 12.3. The molecule has 0 saturated carbocycles. The maximum absolute atomic E-state index is 11.8. The number of unbranched alkanes of at least 4 members (excludes halogenated alkanes) is 12. The molecule has 3 nitrogen and oxygen atoms in total. The van der Waals surface area contributed by atoms with Crippen molar-refractivity contribution >= 4 is 5.97 Å². The second-order valence-electron chi connectivity index (χ2n) is 8.43. The Bertz CT molecular complexity index is 365. The summed E-state index contributed by atoms with van der Waals surface area (Å²) in [5.74, 6) is -0.242. The summed E-state index contributed by atoms with van der Waals surface area (Å²) < 4.78 is 5.60. The number of rotatable bonds is 19. The van der Waals surface area contributed by atoms with E-state index in [4.69, 9.17) is 4.74 Å². The molecule has 27 heavy (non-hydrogen) atoms. The Hall–Kier alpha value is -0.830. The zero-order valence-electron chi connectivity index (χ0n) is 18.9. The van der Waals surface area contributed by atoms with Crippen LogP contribution in [0.15, 0.2) is 12.2 Å². The fraction of sp³-hybridized carbons (Fsp3) is 0.875. The number of nitrogens with zero attached hydrogens (tertiary/aromatic N) is 1. The van der Waals surface area contributed by atoms with Crippen LogP contribution >= 0.6 is 0 Å². The van der Waals surface area contributed by atoms with Gasteiger partial charge in [-0.15, -0.1) is 0 Å². The smallest absolute Gasteiger partial charge is 0.333 e. The van der Waals surface area contributed by atoms with Crippen molar-refractivity contribution in [2.24, 2.45) is 0 Å². The van der Waals surface area contributed by atoms with E-state index >= 15 is 0 Å². The standard InChI is InChI=1S/C24H47NO2/c1-6-7-8-9-10-11-12-13-14-15-16-17-18-19-23(20-21-25(4)5)27-24(26)22(2)3/h23H,2,6-21H2,1,3-5H3. The molecule has 0 rings (SSSR count). The number of carbonyl (C=O) groups excluding carboxylic acids is 1. The van der Waals surface area contributed by atoms with Gasteiger partial charge in [0, 0.05) is 12.1 Å². The van der Waals surface area contributed by atoms with Crippen LogP contribution in [0, 0.1) is 0 Å². The summed E-state index contributed by atoms with van der Waals surface area (Å²) in [5, 5.41) is 0. The lowest BCUT2D eigenvalue weighted by Crippen LogP contribution is -2.24. The van der Waals surface area contributed by atoms with Crippen LogP contribution in [0.4, 0.5) is 0 Å². The monoisotopic (exact) mass is 381 g/mol. The highest BCUT2D eigenvalue weighted by Crippen LogP contribution is 2.16. The first-order chi connectivity index (χ1) is 13.0. The molecule has 0 aromatic rings. The van der Waals surface area contributed by atoms with Crippen molar-refractivity contribution in [3.8, 4) is 0 Å². The minimum atomic E-state index is -0.242. The van der Waals surface area contributed by atoms with Crippen molar-refractivity contribution in [2.75, 3.05) is 20.6 Å². The van der Waals surface area contributed by atoms with E-state index < -0.39 is 0 Å². The molecule has 160 valence electrons. The topological polar surface area (TPSA) is 29.5 Å². The average Bonchev–Trinajstić information content (AvgIpc) is 2.62. The average molecular weight is 382 g/mol. The molecule has 0 radical (unpaired) electrons. The van der Waals surface area contributed by atoms with E-state index in [1.54, 1.807) is 6.92 Å². The predicted molar refractivity (Wildman–Crippen MR) is 118 cm³/mol. The van der Waals surface area contributed by atoms with Crippen LogP contribution in [0.1, 0.15) is 110 Å². The molecule has 1 atom stereocenters. The van der Waals surface area contributed by atoms with Gasteiger partial charge in [0.2, 0.25) is 0 Å². The first-order valence-corrected chi connectivity index (χ1v) is 11.5. The third-order valence-corrected chi connectivity index (χ3v) is 5.15. The highest BCUT2D eigenvalue weighted by molar-refractivity contribution is 5.87. The van der Waals surface area contributed by atoms with Gasteiger partial charge in [0.25, 0.3) is 0 Å². The zero-order valence-corrected chi connectivity index (χ0v) is 18.9. The number of esters is 1. The Labute approximate surface area is 169 Å². The van der Waals surface area contributed by atoms with Gasteiger partial charge in [0.05, 0.1) is 0 Å². The van der Waals surface area contributed by atoms with Gasteiger partial charge in [-0.2, -0.15) is 0 Å². The minimum absolute atomic E-state index is 0.0318. The summed E-state index contributed by atoms with van der Waals surface area (Å²) in [5.41, 5.74) is 0.496. The molecule has 0 aromatic heterocycles. The second kappa shape index (κ2) is 18.5. The van der Waals surface area contributed by atoms with E-state index in [1.165, 1.54) is 77.0 Å². The van der Waals surface area contributed by atoms with Crippen molar-refractivity contribution in [3.63, 3.8) is 0 Å². The first kappa shape index (κ1) is 26.2. The second-order valence-corrected chi connectivity index (χ2v) is 8.43. The lowest BCUT2D eigenvalue weighted by atomic mass is 10.0. The Balaban J connectivity index is 3.64. The molecule has 0 aliphatic heterocycles. The van der Waals surface area contributed by atoms with Gasteiger partial charge >= 0.3 is 5.97 Å². The maximum atomic E-state index is 11.8. The van der Waals surface area contributed by atoms with E-state index in [2.05, 4.69) is 32.5 Å². The number of carbonyl (C=O) groups is 1. The molecule has 0 heterocycles. The fourth-order valence-electron chi connectivity index (χ4n) is 3.31. The lowest BCUT2D eigenvalue weighted by molar-refractivity contribution is -0.145. The highest BCUT2D eigenvalue weighted by atomic mass is 16.5. The van der Waals surface area contributed by atoms with E-state index in [-0.39, 0.29) is 12.1 Å². The summed E-state index contributed by atoms with van der Waals surface area (Å²) in [6.07, 6.45) is 19.6. The van der Waals surface area contributed by atoms with Gasteiger partial charge in [0.15, 0.2) is 0 Å². The van der Waals surface area contributed by atoms with Crippen molar-refractivity contribution < 1.29 is 9.53 Å². The highest BCUT2D eigenvalue weighted by Gasteiger charge is 2.15. The van der Waals surface area contributed by atoms with Crippen LogP contribution in [0.3, 0.4) is 0 Å². The molecule has 0 aliphatic carbocycles. The van der Waals surface area contributed by atoms with Gasteiger partial charge in [-0.1, -0.05) is 90.6 Å². The van der Waals surface area contributed by atoms with Crippen molar-refractivity contribution in [2.45, 2.75) is 116 Å². The van der Waals surface area contributed by atoms with E-state index in [1.807, 2.05) is 0 Å².